The van der Waals surface area contributed by atoms with Crippen LogP contribution in [0.25, 0.3) is 0 Å². The third-order valence-electron chi connectivity index (χ3n) is 1.39. The number of aromatic nitrogens is 2. The summed E-state index contributed by atoms with van der Waals surface area (Å²) in [6.45, 7) is 0.441. The van der Waals surface area contributed by atoms with Gasteiger partial charge < -0.3 is 5.11 Å². The molecule has 0 aromatic carbocycles. The van der Waals surface area contributed by atoms with Gasteiger partial charge in [0.2, 0.25) is 0 Å². The molecule has 0 amide bonds. The van der Waals surface area contributed by atoms with Crippen molar-refractivity contribution in [2.75, 3.05) is 6.61 Å². The zero-order valence-corrected chi connectivity index (χ0v) is 7.16. The van der Waals surface area contributed by atoms with Crippen molar-refractivity contribution in [3.8, 4) is 0 Å². The molecule has 0 fully saturated rings. The molecule has 0 radical (unpaired) electrons. The van der Waals surface area contributed by atoms with E-state index in [-0.39, 0.29) is 17.2 Å². The molecule has 66 valence electrons. The third-order valence-corrected chi connectivity index (χ3v) is 1.68. The zero-order chi connectivity index (χ0) is 8.97. The Morgan fingerprint density at radius 2 is 2.42 bits per heavy atom. The molecule has 0 aliphatic rings. The van der Waals surface area contributed by atoms with Gasteiger partial charge in [-0.1, -0.05) is 11.6 Å². The van der Waals surface area contributed by atoms with Crippen molar-refractivity contribution in [3.05, 3.63) is 27.6 Å². The highest BCUT2D eigenvalue weighted by Crippen LogP contribution is 1.96. The average Bonchev–Trinajstić information content (AvgIpc) is 2.08. The van der Waals surface area contributed by atoms with Gasteiger partial charge in [0.25, 0.3) is 5.56 Å². The lowest BCUT2D eigenvalue weighted by molar-refractivity contribution is 0.275. The van der Waals surface area contributed by atoms with Crippen molar-refractivity contribution in [1.29, 1.82) is 0 Å². The molecule has 1 N–H and O–H groups in total. The van der Waals surface area contributed by atoms with Crippen LogP contribution in [0.2, 0.25) is 5.02 Å². The third kappa shape index (κ3) is 2.06. The molecule has 12 heavy (non-hydrogen) atoms. The van der Waals surface area contributed by atoms with Crippen molar-refractivity contribution >= 4 is 11.6 Å². The molecule has 0 bridgehead atoms. The standard InChI is InChI=1S/C7H9ClN2O2/c8-6-2-3-9-10(7(6)12)4-1-5-11/h2-3,11H,1,4-5H2. The van der Waals surface area contributed by atoms with E-state index in [0.29, 0.717) is 13.0 Å². The molecular weight excluding hydrogens is 180 g/mol. The second-order valence-corrected chi connectivity index (χ2v) is 2.69. The molecule has 0 saturated carbocycles. The molecule has 0 atom stereocenters. The van der Waals surface area contributed by atoms with Crippen LogP contribution in [-0.4, -0.2) is 21.5 Å². The van der Waals surface area contributed by atoms with Crippen LogP contribution >= 0.6 is 11.6 Å². The van der Waals surface area contributed by atoms with Crippen molar-refractivity contribution in [2.45, 2.75) is 13.0 Å². The van der Waals surface area contributed by atoms with Gasteiger partial charge in [-0.15, -0.1) is 0 Å². The van der Waals surface area contributed by atoms with Crippen molar-refractivity contribution in [2.24, 2.45) is 0 Å². The predicted molar refractivity (Wildman–Crippen MR) is 45.2 cm³/mol. The highest BCUT2D eigenvalue weighted by atomic mass is 35.5. The van der Waals surface area contributed by atoms with E-state index in [1.54, 1.807) is 0 Å². The van der Waals surface area contributed by atoms with Crippen molar-refractivity contribution < 1.29 is 5.11 Å². The Bertz CT molecular complexity index is 311. The first-order valence-corrected chi connectivity index (χ1v) is 3.96. The molecule has 0 spiro atoms. The van der Waals surface area contributed by atoms with E-state index in [1.807, 2.05) is 0 Å². The van der Waals surface area contributed by atoms with E-state index in [1.165, 1.54) is 16.9 Å². The normalized spacial score (nSPS) is 10.2. The van der Waals surface area contributed by atoms with Gasteiger partial charge in [0, 0.05) is 19.3 Å². The number of aliphatic hydroxyl groups is 1. The summed E-state index contributed by atoms with van der Waals surface area (Å²) in [5, 5.41) is 12.5. The summed E-state index contributed by atoms with van der Waals surface area (Å²) in [4.78, 5) is 11.2. The molecule has 4 nitrogen and oxygen atoms in total. The minimum atomic E-state index is -0.312. The number of hydrogen-bond donors (Lipinski definition) is 1. The van der Waals surface area contributed by atoms with Crippen LogP contribution in [0.4, 0.5) is 0 Å². The minimum Gasteiger partial charge on any atom is -0.396 e. The van der Waals surface area contributed by atoms with Gasteiger partial charge in [-0.05, 0) is 12.5 Å². The second-order valence-electron chi connectivity index (χ2n) is 2.28. The number of aryl methyl sites for hydroxylation is 1. The van der Waals surface area contributed by atoms with E-state index in [0.717, 1.165) is 0 Å². The van der Waals surface area contributed by atoms with Crippen LogP contribution in [0.3, 0.4) is 0 Å². The molecule has 1 aromatic rings. The minimum absolute atomic E-state index is 0.0423. The topological polar surface area (TPSA) is 55.1 Å². The first-order chi connectivity index (χ1) is 5.75. The van der Waals surface area contributed by atoms with Gasteiger partial charge in [0.15, 0.2) is 0 Å². The molecule has 0 aliphatic carbocycles. The Hall–Kier alpha value is -0.870. The number of rotatable bonds is 3. The van der Waals surface area contributed by atoms with E-state index in [2.05, 4.69) is 5.10 Å². The fraction of sp³-hybridized carbons (Fsp3) is 0.429. The van der Waals surface area contributed by atoms with Gasteiger partial charge in [-0.3, -0.25) is 4.79 Å². The lowest BCUT2D eigenvalue weighted by Crippen LogP contribution is -2.23. The fourth-order valence-electron chi connectivity index (χ4n) is 0.806. The van der Waals surface area contributed by atoms with Gasteiger partial charge in [0.05, 0.1) is 0 Å². The molecule has 0 unspecified atom stereocenters. The molecule has 1 heterocycles. The quantitative estimate of drug-likeness (QED) is 0.742. The lowest BCUT2D eigenvalue weighted by Gasteiger charge is -2.01. The highest BCUT2D eigenvalue weighted by Gasteiger charge is 1.99. The first-order valence-electron chi connectivity index (χ1n) is 3.58. The summed E-state index contributed by atoms with van der Waals surface area (Å²) in [6.07, 6.45) is 1.97. The van der Waals surface area contributed by atoms with Crippen LogP contribution < -0.4 is 5.56 Å². The largest absolute Gasteiger partial charge is 0.396 e. The highest BCUT2D eigenvalue weighted by molar-refractivity contribution is 6.30. The monoisotopic (exact) mass is 188 g/mol. The Morgan fingerprint density at radius 1 is 1.67 bits per heavy atom. The summed E-state index contributed by atoms with van der Waals surface area (Å²) < 4.78 is 1.23. The van der Waals surface area contributed by atoms with E-state index in [9.17, 15) is 4.79 Å². The second kappa shape index (κ2) is 4.23. The maximum atomic E-state index is 11.2. The van der Waals surface area contributed by atoms with Crippen LogP contribution in [0.1, 0.15) is 6.42 Å². The van der Waals surface area contributed by atoms with Crippen molar-refractivity contribution in [1.82, 2.24) is 9.78 Å². The Balaban J connectivity index is 2.85. The molecule has 5 heteroatoms. The van der Waals surface area contributed by atoms with Gasteiger partial charge in [-0.25, -0.2) is 4.68 Å². The summed E-state index contributed by atoms with van der Waals surface area (Å²) >= 11 is 5.56. The SMILES string of the molecule is O=c1c(Cl)ccnn1CCCO. The molecule has 0 saturated heterocycles. The summed E-state index contributed by atoms with van der Waals surface area (Å²) in [6, 6.07) is 1.44. The summed E-state index contributed by atoms with van der Waals surface area (Å²) in [5.74, 6) is 0. The molecule has 0 aliphatic heterocycles. The summed E-state index contributed by atoms with van der Waals surface area (Å²) in [7, 11) is 0. The predicted octanol–water partition coefficient (Wildman–Crippen LogP) is 0.279. The maximum Gasteiger partial charge on any atom is 0.285 e. The Morgan fingerprint density at radius 3 is 3.08 bits per heavy atom. The van der Waals surface area contributed by atoms with Crippen LogP contribution in [0.15, 0.2) is 17.1 Å². The van der Waals surface area contributed by atoms with Crippen LogP contribution in [0, 0.1) is 0 Å². The zero-order valence-electron chi connectivity index (χ0n) is 6.40. The van der Waals surface area contributed by atoms with Crippen LogP contribution in [0.5, 0.6) is 0 Å². The Kier molecular flexibility index (Phi) is 3.25. The molecule has 1 aromatic heterocycles. The van der Waals surface area contributed by atoms with E-state index >= 15 is 0 Å². The maximum absolute atomic E-state index is 11.2. The number of halogens is 1. The van der Waals surface area contributed by atoms with Gasteiger partial charge in [-0.2, -0.15) is 5.10 Å². The fourth-order valence-corrected chi connectivity index (χ4v) is 0.960. The Labute approximate surface area is 74.4 Å². The van der Waals surface area contributed by atoms with Crippen molar-refractivity contribution in [3.63, 3.8) is 0 Å². The molecule has 1 rings (SSSR count). The van der Waals surface area contributed by atoms with Gasteiger partial charge >= 0.3 is 0 Å². The number of hydrogen-bond acceptors (Lipinski definition) is 3. The van der Waals surface area contributed by atoms with E-state index in [4.69, 9.17) is 16.7 Å². The molecular formula is C7H9ClN2O2. The summed E-state index contributed by atoms with van der Waals surface area (Å²) in [5.41, 5.74) is -0.312. The van der Waals surface area contributed by atoms with Crippen LogP contribution in [-0.2, 0) is 6.54 Å². The van der Waals surface area contributed by atoms with Gasteiger partial charge in [0.1, 0.15) is 5.02 Å². The smallest absolute Gasteiger partial charge is 0.285 e. The number of aliphatic hydroxyl groups excluding tert-OH is 1. The average molecular weight is 189 g/mol. The lowest BCUT2D eigenvalue weighted by atomic mass is 10.4. The first kappa shape index (κ1) is 9.22. The number of nitrogens with zero attached hydrogens (tertiary/aromatic N) is 2. The van der Waals surface area contributed by atoms with E-state index < -0.39 is 0 Å².